The van der Waals surface area contributed by atoms with E-state index in [1.807, 2.05) is 18.4 Å². The molecule has 1 aromatic carbocycles. The van der Waals surface area contributed by atoms with Crippen molar-refractivity contribution in [2.24, 2.45) is 5.73 Å². The molecule has 19 heavy (non-hydrogen) atoms. The molecule has 2 N–H and O–H groups in total. The van der Waals surface area contributed by atoms with Crippen molar-refractivity contribution in [1.82, 2.24) is 0 Å². The van der Waals surface area contributed by atoms with Gasteiger partial charge in [0.25, 0.3) is 0 Å². The SMILES string of the molecule is Cc1cc(F)ccc1OCc1sccc1C#CCN. The molecule has 0 aliphatic heterocycles. The van der Waals surface area contributed by atoms with Crippen molar-refractivity contribution in [1.29, 1.82) is 0 Å². The number of halogens is 1. The largest absolute Gasteiger partial charge is 0.488 e. The summed E-state index contributed by atoms with van der Waals surface area (Å²) in [7, 11) is 0. The number of nitrogens with two attached hydrogens (primary N) is 1. The van der Waals surface area contributed by atoms with Crippen molar-refractivity contribution in [2.45, 2.75) is 13.5 Å². The average molecular weight is 275 g/mol. The lowest BCUT2D eigenvalue weighted by Gasteiger charge is -2.08. The van der Waals surface area contributed by atoms with Gasteiger partial charge in [0, 0.05) is 5.56 Å². The number of hydrogen-bond donors (Lipinski definition) is 1. The summed E-state index contributed by atoms with van der Waals surface area (Å²) in [6.45, 7) is 2.59. The van der Waals surface area contributed by atoms with Gasteiger partial charge in [-0.1, -0.05) is 11.8 Å². The van der Waals surface area contributed by atoms with Crippen molar-refractivity contribution in [3.63, 3.8) is 0 Å². The summed E-state index contributed by atoms with van der Waals surface area (Å²) in [4.78, 5) is 1.05. The summed E-state index contributed by atoms with van der Waals surface area (Å²) in [5, 5.41) is 1.97. The fourth-order valence-corrected chi connectivity index (χ4v) is 2.37. The second kappa shape index (κ2) is 6.37. The third-order valence-corrected chi connectivity index (χ3v) is 3.46. The van der Waals surface area contributed by atoms with E-state index in [0.717, 1.165) is 16.0 Å². The Bertz CT molecular complexity index is 625. The molecule has 2 nitrogen and oxygen atoms in total. The Hall–Kier alpha value is -1.83. The second-order valence-corrected chi connectivity index (χ2v) is 4.96. The van der Waals surface area contributed by atoms with Gasteiger partial charge < -0.3 is 10.5 Å². The van der Waals surface area contributed by atoms with Gasteiger partial charge in [-0.3, -0.25) is 0 Å². The number of rotatable bonds is 3. The fraction of sp³-hybridized carbons (Fsp3) is 0.200. The maximum atomic E-state index is 13.0. The first-order valence-electron chi connectivity index (χ1n) is 5.85. The molecule has 0 radical (unpaired) electrons. The normalized spacial score (nSPS) is 9.84. The first-order valence-corrected chi connectivity index (χ1v) is 6.73. The highest BCUT2D eigenvalue weighted by molar-refractivity contribution is 7.10. The second-order valence-electron chi connectivity index (χ2n) is 3.96. The van der Waals surface area contributed by atoms with Crippen LogP contribution in [-0.4, -0.2) is 6.54 Å². The van der Waals surface area contributed by atoms with E-state index in [-0.39, 0.29) is 5.82 Å². The Morgan fingerprint density at radius 3 is 2.95 bits per heavy atom. The minimum Gasteiger partial charge on any atom is -0.488 e. The van der Waals surface area contributed by atoms with Crippen LogP contribution in [0.2, 0.25) is 0 Å². The third kappa shape index (κ3) is 3.57. The monoisotopic (exact) mass is 275 g/mol. The summed E-state index contributed by atoms with van der Waals surface area (Å²) in [6.07, 6.45) is 0. The molecule has 1 heterocycles. The molecule has 2 aromatic rings. The molecule has 0 unspecified atom stereocenters. The minimum absolute atomic E-state index is 0.254. The van der Waals surface area contributed by atoms with Crippen molar-refractivity contribution in [2.75, 3.05) is 6.54 Å². The molecule has 1 aromatic heterocycles. The van der Waals surface area contributed by atoms with Crippen molar-refractivity contribution in [3.05, 3.63) is 51.5 Å². The van der Waals surface area contributed by atoms with Crippen molar-refractivity contribution in [3.8, 4) is 17.6 Å². The van der Waals surface area contributed by atoms with Crippen LogP contribution in [0.5, 0.6) is 5.75 Å². The van der Waals surface area contributed by atoms with Crippen LogP contribution in [0.15, 0.2) is 29.6 Å². The van der Waals surface area contributed by atoms with Gasteiger partial charge in [0.2, 0.25) is 0 Å². The molecule has 4 heteroatoms. The molecule has 0 atom stereocenters. The number of thiophene rings is 1. The number of benzene rings is 1. The summed E-state index contributed by atoms with van der Waals surface area (Å²) in [5.74, 6) is 6.27. The van der Waals surface area contributed by atoms with E-state index in [9.17, 15) is 4.39 Å². The molecule has 0 saturated heterocycles. The summed E-state index contributed by atoms with van der Waals surface area (Å²) in [5.41, 5.74) is 7.08. The zero-order valence-electron chi connectivity index (χ0n) is 10.6. The molecule has 0 saturated carbocycles. The van der Waals surface area contributed by atoms with Gasteiger partial charge in [0.05, 0.1) is 11.4 Å². The Balaban J connectivity index is 2.08. The first-order chi connectivity index (χ1) is 9.20. The lowest BCUT2D eigenvalue weighted by molar-refractivity contribution is 0.307. The molecule has 0 aliphatic carbocycles. The predicted molar refractivity (Wildman–Crippen MR) is 75.7 cm³/mol. The standard InChI is InChI=1S/C15H14FNOS/c1-11-9-13(16)4-5-14(11)18-10-15-12(3-2-7-17)6-8-19-15/h4-6,8-9H,7,10,17H2,1H3. The van der Waals surface area contributed by atoms with E-state index in [0.29, 0.717) is 18.9 Å². The number of ether oxygens (including phenoxy) is 1. The van der Waals surface area contributed by atoms with Gasteiger partial charge in [-0.25, -0.2) is 4.39 Å². The van der Waals surface area contributed by atoms with E-state index in [4.69, 9.17) is 10.5 Å². The maximum Gasteiger partial charge on any atom is 0.124 e. The zero-order valence-corrected chi connectivity index (χ0v) is 11.4. The van der Waals surface area contributed by atoms with Crippen LogP contribution < -0.4 is 10.5 Å². The molecule has 0 spiro atoms. The Morgan fingerprint density at radius 2 is 2.21 bits per heavy atom. The zero-order chi connectivity index (χ0) is 13.7. The van der Waals surface area contributed by atoms with Crippen LogP contribution in [0, 0.1) is 24.6 Å². The molecule has 2 rings (SSSR count). The highest BCUT2D eigenvalue weighted by Gasteiger charge is 2.05. The summed E-state index contributed by atoms with van der Waals surface area (Å²) >= 11 is 1.59. The maximum absolute atomic E-state index is 13.0. The quantitative estimate of drug-likeness (QED) is 0.874. The molecule has 0 amide bonds. The lowest BCUT2D eigenvalue weighted by atomic mass is 10.2. The molecule has 0 bridgehead atoms. The van der Waals surface area contributed by atoms with Crippen LogP contribution in [0.4, 0.5) is 4.39 Å². The van der Waals surface area contributed by atoms with Gasteiger partial charge in [0.1, 0.15) is 18.2 Å². The highest BCUT2D eigenvalue weighted by atomic mass is 32.1. The lowest BCUT2D eigenvalue weighted by Crippen LogP contribution is -1.97. The minimum atomic E-state index is -0.254. The van der Waals surface area contributed by atoms with Crippen LogP contribution in [0.1, 0.15) is 16.0 Å². The van der Waals surface area contributed by atoms with E-state index >= 15 is 0 Å². The van der Waals surface area contributed by atoms with Crippen molar-refractivity contribution >= 4 is 11.3 Å². The van der Waals surface area contributed by atoms with Gasteiger partial charge in [-0.05, 0) is 42.1 Å². The van der Waals surface area contributed by atoms with E-state index in [1.54, 1.807) is 17.4 Å². The molecular formula is C15H14FNOS. The van der Waals surface area contributed by atoms with Gasteiger partial charge >= 0.3 is 0 Å². The smallest absolute Gasteiger partial charge is 0.124 e. The van der Waals surface area contributed by atoms with Gasteiger partial charge in [-0.15, -0.1) is 11.3 Å². The Kier molecular flexibility index (Phi) is 4.56. The Labute approximate surface area is 116 Å². The van der Waals surface area contributed by atoms with Crippen LogP contribution in [0.25, 0.3) is 0 Å². The first kappa shape index (κ1) is 13.6. The van der Waals surface area contributed by atoms with Crippen LogP contribution in [-0.2, 0) is 6.61 Å². The highest BCUT2D eigenvalue weighted by Crippen LogP contribution is 2.22. The molecule has 0 fully saturated rings. The third-order valence-electron chi connectivity index (χ3n) is 2.57. The molecule has 98 valence electrons. The summed E-state index contributed by atoms with van der Waals surface area (Å²) < 4.78 is 18.7. The Morgan fingerprint density at radius 1 is 1.37 bits per heavy atom. The van der Waals surface area contributed by atoms with E-state index in [2.05, 4.69) is 11.8 Å². The van der Waals surface area contributed by atoms with E-state index < -0.39 is 0 Å². The number of hydrogen-bond acceptors (Lipinski definition) is 3. The summed E-state index contributed by atoms with van der Waals surface area (Å²) in [6, 6.07) is 6.44. The van der Waals surface area contributed by atoms with Crippen LogP contribution >= 0.6 is 11.3 Å². The van der Waals surface area contributed by atoms with Gasteiger partial charge in [0.15, 0.2) is 0 Å². The fourth-order valence-electron chi connectivity index (χ4n) is 1.63. The van der Waals surface area contributed by atoms with Gasteiger partial charge in [-0.2, -0.15) is 0 Å². The van der Waals surface area contributed by atoms with Crippen molar-refractivity contribution < 1.29 is 9.13 Å². The predicted octanol–water partition coefficient (Wildman–Crippen LogP) is 3.08. The molecule has 0 aliphatic rings. The molecular weight excluding hydrogens is 261 g/mol. The average Bonchev–Trinajstić information content (AvgIpc) is 2.83. The topological polar surface area (TPSA) is 35.2 Å². The van der Waals surface area contributed by atoms with Crippen LogP contribution in [0.3, 0.4) is 0 Å². The van der Waals surface area contributed by atoms with E-state index in [1.165, 1.54) is 12.1 Å². The number of aryl methyl sites for hydroxylation is 1.